The number of benzene rings is 1. The van der Waals surface area contributed by atoms with Crippen LogP contribution in [0.4, 0.5) is 0 Å². The molecule has 0 atom stereocenters. The van der Waals surface area contributed by atoms with Crippen molar-refractivity contribution in [1.82, 2.24) is 4.72 Å². The second-order valence-electron chi connectivity index (χ2n) is 4.72. The molecule has 0 aromatic heterocycles. The third-order valence-electron chi connectivity index (χ3n) is 2.92. The molecule has 1 aromatic carbocycles. The third kappa shape index (κ3) is 3.68. The van der Waals surface area contributed by atoms with E-state index in [1.54, 1.807) is 18.2 Å². The van der Waals surface area contributed by atoms with Crippen LogP contribution >= 0.6 is 0 Å². The van der Waals surface area contributed by atoms with Gasteiger partial charge in [-0.15, -0.1) is 0 Å². The molecule has 0 spiro atoms. The lowest BCUT2D eigenvalue weighted by molar-refractivity contribution is 0.314. The minimum atomic E-state index is -3.43. The molecule has 5 nitrogen and oxygen atoms in total. The highest BCUT2D eigenvalue weighted by molar-refractivity contribution is 7.89. The van der Waals surface area contributed by atoms with E-state index in [1.807, 2.05) is 6.92 Å². The standard InChI is InChI=1S/C13H20N2O3S/c1-2-7-18-13-6-5-12(8-10(13)9-14)19(16,17)15-11-3-4-11/h5-6,8,11,15H,2-4,7,9,14H2,1H3. The van der Waals surface area contributed by atoms with E-state index in [2.05, 4.69) is 4.72 Å². The molecule has 0 bridgehead atoms. The zero-order chi connectivity index (χ0) is 13.9. The first-order valence-electron chi connectivity index (χ1n) is 6.55. The lowest BCUT2D eigenvalue weighted by Gasteiger charge is -2.12. The summed E-state index contributed by atoms with van der Waals surface area (Å²) in [5.41, 5.74) is 6.37. The van der Waals surface area contributed by atoms with Crippen LogP contribution in [0.2, 0.25) is 0 Å². The first-order chi connectivity index (χ1) is 9.06. The van der Waals surface area contributed by atoms with E-state index < -0.39 is 10.0 Å². The highest BCUT2D eigenvalue weighted by Crippen LogP contribution is 2.25. The van der Waals surface area contributed by atoms with Gasteiger partial charge in [-0.05, 0) is 37.5 Å². The Bertz CT molecular complexity index is 539. The summed E-state index contributed by atoms with van der Waals surface area (Å²) in [4.78, 5) is 0.253. The van der Waals surface area contributed by atoms with Gasteiger partial charge in [0.15, 0.2) is 0 Å². The van der Waals surface area contributed by atoms with Crippen molar-refractivity contribution >= 4 is 10.0 Å². The molecule has 1 fully saturated rings. The van der Waals surface area contributed by atoms with Gasteiger partial charge in [0.05, 0.1) is 11.5 Å². The summed E-state index contributed by atoms with van der Waals surface area (Å²) in [6.07, 6.45) is 2.73. The molecule has 0 radical (unpaired) electrons. The largest absolute Gasteiger partial charge is 0.493 e. The Hall–Kier alpha value is -1.11. The molecule has 1 aromatic rings. The molecule has 0 aliphatic heterocycles. The van der Waals surface area contributed by atoms with E-state index in [9.17, 15) is 8.42 Å². The Morgan fingerprint density at radius 1 is 1.42 bits per heavy atom. The number of nitrogens with two attached hydrogens (primary N) is 1. The molecule has 0 amide bonds. The first kappa shape index (κ1) is 14.3. The fourth-order valence-corrected chi connectivity index (χ4v) is 3.08. The van der Waals surface area contributed by atoms with Crippen molar-refractivity contribution in [2.45, 2.75) is 43.7 Å². The van der Waals surface area contributed by atoms with E-state index in [4.69, 9.17) is 10.5 Å². The fraction of sp³-hybridized carbons (Fsp3) is 0.538. The van der Waals surface area contributed by atoms with Crippen LogP contribution in [0.15, 0.2) is 23.1 Å². The molecule has 1 aliphatic rings. The van der Waals surface area contributed by atoms with Crippen LogP contribution in [0.25, 0.3) is 0 Å². The quantitative estimate of drug-likeness (QED) is 0.792. The molecule has 19 heavy (non-hydrogen) atoms. The number of ether oxygens (including phenoxy) is 1. The monoisotopic (exact) mass is 284 g/mol. The van der Waals surface area contributed by atoms with Gasteiger partial charge in [0.25, 0.3) is 0 Å². The van der Waals surface area contributed by atoms with Crippen LogP contribution in [0.5, 0.6) is 5.75 Å². The van der Waals surface area contributed by atoms with Gasteiger partial charge in [-0.2, -0.15) is 0 Å². The number of nitrogens with one attached hydrogen (secondary N) is 1. The minimum absolute atomic E-state index is 0.0994. The van der Waals surface area contributed by atoms with Crippen molar-refractivity contribution in [3.05, 3.63) is 23.8 Å². The molecule has 3 N–H and O–H groups in total. The molecular formula is C13H20N2O3S. The molecule has 1 saturated carbocycles. The van der Waals surface area contributed by atoms with Crippen molar-refractivity contribution < 1.29 is 13.2 Å². The van der Waals surface area contributed by atoms with Gasteiger partial charge in [-0.3, -0.25) is 0 Å². The number of hydrogen-bond donors (Lipinski definition) is 2. The second kappa shape index (κ2) is 5.90. The molecule has 106 valence electrons. The fourth-order valence-electron chi connectivity index (χ4n) is 1.72. The van der Waals surface area contributed by atoms with Crippen LogP contribution in [0, 0.1) is 0 Å². The number of sulfonamides is 1. The SMILES string of the molecule is CCCOc1ccc(S(=O)(=O)NC2CC2)cc1CN. The summed E-state index contributed by atoms with van der Waals surface area (Å²) in [5, 5.41) is 0. The molecule has 6 heteroatoms. The molecule has 0 heterocycles. The van der Waals surface area contributed by atoms with Gasteiger partial charge in [-0.25, -0.2) is 13.1 Å². The highest BCUT2D eigenvalue weighted by Gasteiger charge is 2.28. The summed E-state index contributed by atoms with van der Waals surface area (Å²) < 4.78 is 32.4. The van der Waals surface area contributed by atoms with Crippen molar-refractivity contribution in [3.8, 4) is 5.75 Å². The Morgan fingerprint density at radius 2 is 2.16 bits per heavy atom. The zero-order valence-electron chi connectivity index (χ0n) is 11.1. The normalized spacial score (nSPS) is 15.5. The summed E-state index contributed by atoms with van der Waals surface area (Å²) >= 11 is 0. The Balaban J connectivity index is 2.22. The zero-order valence-corrected chi connectivity index (χ0v) is 11.9. The average molecular weight is 284 g/mol. The summed E-state index contributed by atoms with van der Waals surface area (Å²) in [6.45, 7) is 2.87. The lowest BCUT2D eigenvalue weighted by Crippen LogP contribution is -2.25. The second-order valence-corrected chi connectivity index (χ2v) is 6.43. The molecular weight excluding hydrogens is 264 g/mol. The van der Waals surface area contributed by atoms with E-state index >= 15 is 0 Å². The number of hydrogen-bond acceptors (Lipinski definition) is 4. The third-order valence-corrected chi connectivity index (χ3v) is 4.44. The Kier molecular flexibility index (Phi) is 4.44. The van der Waals surface area contributed by atoms with E-state index in [0.29, 0.717) is 17.9 Å². The smallest absolute Gasteiger partial charge is 0.240 e. The molecule has 0 unspecified atom stereocenters. The van der Waals surface area contributed by atoms with Gasteiger partial charge < -0.3 is 10.5 Å². The van der Waals surface area contributed by atoms with Crippen LogP contribution in [0.3, 0.4) is 0 Å². The van der Waals surface area contributed by atoms with Crippen LogP contribution in [0.1, 0.15) is 31.7 Å². The maximum Gasteiger partial charge on any atom is 0.240 e. The van der Waals surface area contributed by atoms with Gasteiger partial charge in [-0.1, -0.05) is 6.92 Å². The summed E-state index contributed by atoms with van der Waals surface area (Å²) in [6, 6.07) is 4.94. The van der Waals surface area contributed by atoms with E-state index in [1.165, 1.54) is 0 Å². The minimum Gasteiger partial charge on any atom is -0.493 e. The van der Waals surface area contributed by atoms with Crippen molar-refractivity contribution in [2.24, 2.45) is 5.73 Å². The van der Waals surface area contributed by atoms with E-state index in [0.717, 1.165) is 19.3 Å². The Labute approximate surface area is 114 Å². The van der Waals surface area contributed by atoms with Gasteiger partial charge in [0.2, 0.25) is 10.0 Å². The van der Waals surface area contributed by atoms with Gasteiger partial charge >= 0.3 is 0 Å². The predicted molar refractivity (Wildman–Crippen MR) is 73.5 cm³/mol. The van der Waals surface area contributed by atoms with Crippen LogP contribution in [-0.2, 0) is 16.6 Å². The summed E-state index contributed by atoms with van der Waals surface area (Å²) in [7, 11) is -3.43. The van der Waals surface area contributed by atoms with Crippen molar-refractivity contribution in [3.63, 3.8) is 0 Å². The predicted octanol–water partition coefficient (Wildman–Crippen LogP) is 1.37. The van der Waals surface area contributed by atoms with Crippen molar-refractivity contribution in [2.75, 3.05) is 6.61 Å². The van der Waals surface area contributed by atoms with Crippen molar-refractivity contribution in [1.29, 1.82) is 0 Å². The molecule has 2 rings (SSSR count). The molecule has 0 saturated heterocycles. The topological polar surface area (TPSA) is 81.4 Å². The highest BCUT2D eigenvalue weighted by atomic mass is 32.2. The van der Waals surface area contributed by atoms with Crippen LogP contribution < -0.4 is 15.2 Å². The maximum atomic E-state index is 12.1. The van der Waals surface area contributed by atoms with E-state index in [-0.39, 0.29) is 17.5 Å². The number of rotatable bonds is 7. The first-order valence-corrected chi connectivity index (χ1v) is 8.03. The van der Waals surface area contributed by atoms with Gasteiger partial charge in [0.1, 0.15) is 5.75 Å². The average Bonchev–Trinajstić information content (AvgIpc) is 3.19. The summed E-state index contributed by atoms with van der Waals surface area (Å²) in [5.74, 6) is 0.662. The maximum absolute atomic E-state index is 12.1. The van der Waals surface area contributed by atoms with Gasteiger partial charge in [0, 0.05) is 18.2 Å². The molecule has 1 aliphatic carbocycles. The van der Waals surface area contributed by atoms with Crippen LogP contribution in [-0.4, -0.2) is 21.1 Å². The lowest BCUT2D eigenvalue weighted by atomic mass is 10.2. The Morgan fingerprint density at radius 3 is 2.74 bits per heavy atom.